The van der Waals surface area contributed by atoms with Gasteiger partial charge in [0.15, 0.2) is 18.2 Å². The third-order valence-electron chi connectivity index (χ3n) is 2.25. The quantitative estimate of drug-likeness (QED) is 0.688. The molecule has 0 spiro atoms. The van der Waals surface area contributed by atoms with Crippen molar-refractivity contribution in [1.82, 2.24) is 10.6 Å². The lowest BCUT2D eigenvalue weighted by molar-refractivity contribution is -0.123. The lowest BCUT2D eigenvalue weighted by Gasteiger charge is -2.08. The highest BCUT2D eigenvalue weighted by Gasteiger charge is 2.05. The molecule has 0 aliphatic carbocycles. The van der Waals surface area contributed by atoms with Gasteiger partial charge in [0, 0.05) is 13.1 Å². The third kappa shape index (κ3) is 5.63. The molecule has 1 aromatic carbocycles. The van der Waals surface area contributed by atoms with Gasteiger partial charge in [-0.2, -0.15) is 0 Å². The Labute approximate surface area is 107 Å². The average Bonchev–Trinajstić information content (AvgIpc) is 2.37. The molecule has 0 aliphatic heterocycles. The maximum Gasteiger partial charge on any atom is 0.257 e. The molecule has 18 heavy (non-hydrogen) atoms. The summed E-state index contributed by atoms with van der Waals surface area (Å²) >= 11 is 0. The first kappa shape index (κ1) is 14.4. The van der Waals surface area contributed by atoms with E-state index in [1.165, 1.54) is 12.1 Å². The summed E-state index contributed by atoms with van der Waals surface area (Å²) in [6.07, 6.45) is 1.06. The summed E-state index contributed by atoms with van der Waals surface area (Å²) < 4.78 is 18.2. The van der Waals surface area contributed by atoms with E-state index in [4.69, 9.17) is 4.74 Å². The van der Waals surface area contributed by atoms with E-state index >= 15 is 0 Å². The fraction of sp³-hybridized carbons (Fsp3) is 0.462. The highest BCUT2D eigenvalue weighted by molar-refractivity contribution is 5.77. The van der Waals surface area contributed by atoms with Crippen molar-refractivity contribution in [2.45, 2.75) is 13.3 Å². The van der Waals surface area contributed by atoms with Gasteiger partial charge in [0.1, 0.15) is 0 Å². The van der Waals surface area contributed by atoms with Crippen molar-refractivity contribution in [3.8, 4) is 5.75 Å². The molecule has 0 atom stereocenters. The number of carbonyl (C=O) groups is 1. The van der Waals surface area contributed by atoms with E-state index < -0.39 is 5.82 Å². The fourth-order valence-electron chi connectivity index (χ4n) is 1.35. The molecule has 0 saturated heterocycles. The number of rotatable bonds is 8. The summed E-state index contributed by atoms with van der Waals surface area (Å²) in [7, 11) is 0. The van der Waals surface area contributed by atoms with Crippen LogP contribution in [0.25, 0.3) is 0 Å². The molecule has 5 heteroatoms. The summed E-state index contributed by atoms with van der Waals surface area (Å²) in [6, 6.07) is 6.01. The second kappa shape index (κ2) is 8.47. The van der Waals surface area contributed by atoms with Crippen LogP contribution in [-0.4, -0.2) is 32.1 Å². The molecule has 0 bridgehead atoms. The van der Waals surface area contributed by atoms with Crippen LogP contribution >= 0.6 is 0 Å². The van der Waals surface area contributed by atoms with Crippen LogP contribution in [-0.2, 0) is 4.79 Å². The molecule has 0 saturated carbocycles. The molecule has 0 radical (unpaired) electrons. The van der Waals surface area contributed by atoms with Crippen LogP contribution in [0.5, 0.6) is 5.75 Å². The number of para-hydroxylation sites is 1. The van der Waals surface area contributed by atoms with E-state index in [1.807, 2.05) is 0 Å². The Bertz CT molecular complexity index is 372. The molecule has 1 rings (SSSR count). The molecule has 0 aliphatic rings. The zero-order valence-corrected chi connectivity index (χ0v) is 10.5. The van der Waals surface area contributed by atoms with Crippen LogP contribution in [0.1, 0.15) is 13.3 Å². The summed E-state index contributed by atoms with van der Waals surface area (Å²) in [4.78, 5) is 11.4. The smallest absolute Gasteiger partial charge is 0.257 e. The third-order valence-corrected chi connectivity index (χ3v) is 2.25. The minimum absolute atomic E-state index is 0.0942. The fourth-order valence-corrected chi connectivity index (χ4v) is 1.35. The van der Waals surface area contributed by atoms with Gasteiger partial charge >= 0.3 is 0 Å². The Balaban J connectivity index is 2.15. The van der Waals surface area contributed by atoms with Crippen LogP contribution in [0.3, 0.4) is 0 Å². The number of amides is 1. The molecule has 1 amide bonds. The predicted octanol–water partition coefficient (Wildman–Crippen LogP) is 1.32. The highest BCUT2D eigenvalue weighted by atomic mass is 19.1. The largest absolute Gasteiger partial charge is 0.481 e. The van der Waals surface area contributed by atoms with Crippen LogP contribution in [0, 0.1) is 5.82 Å². The number of carbonyl (C=O) groups excluding carboxylic acids is 1. The van der Waals surface area contributed by atoms with E-state index in [1.54, 1.807) is 12.1 Å². The molecule has 1 aromatic rings. The van der Waals surface area contributed by atoms with Crippen molar-refractivity contribution in [3.05, 3.63) is 30.1 Å². The first-order valence-corrected chi connectivity index (χ1v) is 6.08. The minimum atomic E-state index is -0.463. The van der Waals surface area contributed by atoms with E-state index in [-0.39, 0.29) is 18.3 Å². The standard InChI is InChI=1S/C13H19FN2O2/c1-2-7-15-8-9-16-13(17)10-18-12-6-4-3-5-11(12)14/h3-6,15H,2,7-10H2,1H3,(H,16,17). The SMILES string of the molecule is CCCNCCNC(=O)COc1ccccc1F. The van der Waals surface area contributed by atoms with Crippen molar-refractivity contribution in [2.24, 2.45) is 0 Å². The van der Waals surface area contributed by atoms with Gasteiger partial charge in [-0.05, 0) is 25.1 Å². The van der Waals surface area contributed by atoms with Gasteiger partial charge in [-0.3, -0.25) is 4.79 Å². The maximum atomic E-state index is 13.2. The van der Waals surface area contributed by atoms with Crippen LogP contribution in [0.2, 0.25) is 0 Å². The minimum Gasteiger partial charge on any atom is -0.481 e. The second-order valence-electron chi connectivity index (χ2n) is 3.82. The predicted molar refractivity (Wildman–Crippen MR) is 68.1 cm³/mol. The average molecular weight is 254 g/mol. The number of nitrogens with one attached hydrogen (secondary N) is 2. The molecule has 2 N–H and O–H groups in total. The first-order valence-electron chi connectivity index (χ1n) is 6.08. The van der Waals surface area contributed by atoms with Gasteiger partial charge in [-0.25, -0.2) is 4.39 Å². The van der Waals surface area contributed by atoms with Gasteiger partial charge < -0.3 is 15.4 Å². The van der Waals surface area contributed by atoms with E-state index in [9.17, 15) is 9.18 Å². The molecule has 0 heterocycles. The summed E-state index contributed by atoms with van der Waals surface area (Å²) in [5, 5.41) is 5.84. The van der Waals surface area contributed by atoms with Gasteiger partial charge in [-0.1, -0.05) is 19.1 Å². The zero-order chi connectivity index (χ0) is 13.2. The Kier molecular flexibility index (Phi) is 6.79. The molecule has 4 nitrogen and oxygen atoms in total. The molecular formula is C13H19FN2O2. The monoisotopic (exact) mass is 254 g/mol. The van der Waals surface area contributed by atoms with Gasteiger partial charge in [0.05, 0.1) is 0 Å². The number of hydrogen-bond donors (Lipinski definition) is 2. The van der Waals surface area contributed by atoms with E-state index in [0.29, 0.717) is 6.54 Å². The van der Waals surface area contributed by atoms with Gasteiger partial charge in [-0.15, -0.1) is 0 Å². The van der Waals surface area contributed by atoms with Gasteiger partial charge in [0.25, 0.3) is 5.91 Å². The summed E-state index contributed by atoms with van der Waals surface area (Å²) in [6.45, 7) is 4.10. The van der Waals surface area contributed by atoms with E-state index in [0.717, 1.165) is 19.5 Å². The first-order chi connectivity index (χ1) is 8.74. The lowest BCUT2D eigenvalue weighted by Crippen LogP contribution is -2.35. The Hall–Kier alpha value is -1.62. The highest BCUT2D eigenvalue weighted by Crippen LogP contribution is 2.14. The molecule has 0 unspecified atom stereocenters. The van der Waals surface area contributed by atoms with Crippen molar-refractivity contribution < 1.29 is 13.9 Å². The Morgan fingerprint density at radius 3 is 2.78 bits per heavy atom. The number of benzene rings is 1. The molecule has 0 fully saturated rings. The summed E-state index contributed by atoms with van der Waals surface area (Å²) in [5.41, 5.74) is 0. The van der Waals surface area contributed by atoms with Crippen LogP contribution in [0.4, 0.5) is 4.39 Å². The Morgan fingerprint density at radius 1 is 1.28 bits per heavy atom. The normalized spacial score (nSPS) is 10.1. The summed E-state index contributed by atoms with van der Waals surface area (Å²) in [5.74, 6) is -0.622. The number of ether oxygens (including phenoxy) is 1. The lowest BCUT2D eigenvalue weighted by atomic mass is 10.3. The van der Waals surface area contributed by atoms with Crippen LogP contribution < -0.4 is 15.4 Å². The van der Waals surface area contributed by atoms with Gasteiger partial charge in [0.2, 0.25) is 0 Å². The van der Waals surface area contributed by atoms with Crippen LogP contribution in [0.15, 0.2) is 24.3 Å². The Morgan fingerprint density at radius 2 is 2.06 bits per heavy atom. The number of halogens is 1. The molecule has 100 valence electrons. The van der Waals surface area contributed by atoms with E-state index in [2.05, 4.69) is 17.6 Å². The molecule has 0 aromatic heterocycles. The number of hydrogen-bond acceptors (Lipinski definition) is 3. The zero-order valence-electron chi connectivity index (χ0n) is 10.5. The van der Waals surface area contributed by atoms with Crippen molar-refractivity contribution in [3.63, 3.8) is 0 Å². The van der Waals surface area contributed by atoms with Crippen molar-refractivity contribution >= 4 is 5.91 Å². The maximum absolute atomic E-state index is 13.2. The van der Waals surface area contributed by atoms with Crippen molar-refractivity contribution in [1.29, 1.82) is 0 Å². The topological polar surface area (TPSA) is 50.4 Å². The molecular weight excluding hydrogens is 235 g/mol. The van der Waals surface area contributed by atoms with Crippen molar-refractivity contribution in [2.75, 3.05) is 26.2 Å². The second-order valence-corrected chi connectivity index (χ2v) is 3.82.